The fourth-order valence-electron chi connectivity index (χ4n) is 2.28. The molecule has 1 fully saturated rings. The zero-order valence-corrected chi connectivity index (χ0v) is 10.3. The smallest absolute Gasteiger partial charge is 0.0193 e. The maximum atomic E-state index is 4.05. The second-order valence-corrected chi connectivity index (χ2v) is 4.88. The summed E-state index contributed by atoms with van der Waals surface area (Å²) in [5.41, 5.74) is 1.45. The minimum atomic E-state index is 0.813. The van der Waals surface area contributed by atoms with Crippen LogP contribution < -0.4 is 0 Å². The Bertz CT molecular complexity index is 200. The highest BCUT2D eigenvalue weighted by Crippen LogP contribution is 2.29. The molecule has 0 saturated heterocycles. The summed E-state index contributed by atoms with van der Waals surface area (Å²) in [5.74, 6) is 0.813. The Balaban J connectivity index is 1.95. The molecule has 1 unspecified atom stereocenters. The van der Waals surface area contributed by atoms with Crippen LogP contribution in [0.3, 0.4) is 0 Å². The molecular formula is C15H26. The number of unbranched alkanes of at least 4 members (excludes halogenated alkanes) is 5. The van der Waals surface area contributed by atoms with Crippen LogP contribution in [0, 0.1) is 5.92 Å². The Morgan fingerprint density at radius 2 is 2.07 bits per heavy atom. The molecule has 86 valence electrons. The van der Waals surface area contributed by atoms with Crippen LogP contribution in [-0.2, 0) is 0 Å². The Hall–Kier alpha value is -0.520. The van der Waals surface area contributed by atoms with Crippen molar-refractivity contribution in [3.8, 4) is 0 Å². The molecule has 0 aliphatic heterocycles. The van der Waals surface area contributed by atoms with E-state index in [4.69, 9.17) is 0 Å². The molecule has 0 radical (unpaired) electrons. The molecule has 0 N–H and O–H groups in total. The Morgan fingerprint density at radius 3 is 2.73 bits per heavy atom. The van der Waals surface area contributed by atoms with Gasteiger partial charge in [0, 0.05) is 0 Å². The third-order valence-electron chi connectivity index (χ3n) is 3.30. The van der Waals surface area contributed by atoms with Crippen molar-refractivity contribution in [1.82, 2.24) is 0 Å². The predicted octanol–water partition coefficient (Wildman–Crippen LogP) is 5.26. The average Bonchev–Trinajstić information content (AvgIpc) is 2.63. The lowest BCUT2D eigenvalue weighted by atomic mass is 10.1. The van der Waals surface area contributed by atoms with E-state index in [1.165, 1.54) is 63.4 Å². The summed E-state index contributed by atoms with van der Waals surface area (Å²) in [5, 5.41) is 0. The van der Waals surface area contributed by atoms with E-state index in [2.05, 4.69) is 25.7 Å². The molecule has 0 aromatic heterocycles. The van der Waals surface area contributed by atoms with Crippen LogP contribution >= 0.6 is 0 Å². The summed E-state index contributed by atoms with van der Waals surface area (Å²) in [6, 6.07) is 0. The highest BCUT2D eigenvalue weighted by atomic mass is 14.2. The first-order valence-corrected chi connectivity index (χ1v) is 6.66. The van der Waals surface area contributed by atoms with Gasteiger partial charge in [0.15, 0.2) is 0 Å². The van der Waals surface area contributed by atoms with Crippen molar-refractivity contribution in [3.63, 3.8) is 0 Å². The largest absolute Gasteiger partial charge is 0.0998 e. The zero-order chi connectivity index (χ0) is 10.9. The third kappa shape index (κ3) is 5.81. The minimum absolute atomic E-state index is 0.813. The van der Waals surface area contributed by atoms with Crippen LogP contribution in [0.1, 0.15) is 64.7 Å². The van der Waals surface area contributed by atoms with Gasteiger partial charge < -0.3 is 0 Å². The van der Waals surface area contributed by atoms with Crippen molar-refractivity contribution in [2.24, 2.45) is 5.92 Å². The third-order valence-corrected chi connectivity index (χ3v) is 3.30. The van der Waals surface area contributed by atoms with E-state index in [1.54, 1.807) is 0 Å². The number of hydrogen-bond acceptors (Lipinski definition) is 0. The molecule has 15 heavy (non-hydrogen) atoms. The molecule has 0 aromatic carbocycles. The second kappa shape index (κ2) is 7.73. The fraction of sp³-hybridized carbons (Fsp3) is 0.733. The number of rotatable bonds is 7. The normalized spacial score (nSPS) is 21.7. The highest BCUT2D eigenvalue weighted by Gasteiger charge is 2.14. The first kappa shape index (κ1) is 12.5. The van der Waals surface area contributed by atoms with Crippen molar-refractivity contribution in [2.75, 3.05) is 0 Å². The van der Waals surface area contributed by atoms with Gasteiger partial charge in [-0.2, -0.15) is 0 Å². The highest BCUT2D eigenvalue weighted by molar-refractivity contribution is 5.07. The summed E-state index contributed by atoms with van der Waals surface area (Å²) in [7, 11) is 0. The molecule has 1 aliphatic rings. The van der Waals surface area contributed by atoms with Gasteiger partial charge >= 0.3 is 0 Å². The molecule has 1 saturated carbocycles. The molecule has 0 bridgehead atoms. The predicted molar refractivity (Wildman–Crippen MR) is 69.0 cm³/mol. The fourth-order valence-corrected chi connectivity index (χ4v) is 2.28. The van der Waals surface area contributed by atoms with Crippen LogP contribution in [0.25, 0.3) is 0 Å². The van der Waals surface area contributed by atoms with E-state index in [1.807, 2.05) is 0 Å². The first-order valence-electron chi connectivity index (χ1n) is 6.66. The molecule has 0 nitrogen and oxygen atoms in total. The van der Waals surface area contributed by atoms with E-state index in [9.17, 15) is 0 Å². The van der Waals surface area contributed by atoms with Crippen LogP contribution in [0.15, 0.2) is 24.3 Å². The molecule has 1 atom stereocenters. The van der Waals surface area contributed by atoms with Crippen molar-refractivity contribution >= 4 is 0 Å². The Morgan fingerprint density at radius 1 is 1.27 bits per heavy atom. The van der Waals surface area contributed by atoms with Crippen molar-refractivity contribution < 1.29 is 0 Å². The zero-order valence-electron chi connectivity index (χ0n) is 10.3. The SMILES string of the molecule is C=C1CCC(/C=C/CCCCCCC)C1. The number of allylic oxidation sites excluding steroid dienone is 3. The van der Waals surface area contributed by atoms with Crippen LogP contribution in [0.4, 0.5) is 0 Å². The van der Waals surface area contributed by atoms with Crippen molar-refractivity contribution in [1.29, 1.82) is 0 Å². The molecular weight excluding hydrogens is 180 g/mol. The van der Waals surface area contributed by atoms with E-state index >= 15 is 0 Å². The summed E-state index contributed by atoms with van der Waals surface area (Å²) in [6.07, 6.45) is 16.9. The molecule has 0 spiro atoms. The molecule has 0 heteroatoms. The topological polar surface area (TPSA) is 0 Å². The van der Waals surface area contributed by atoms with Gasteiger partial charge in [0.1, 0.15) is 0 Å². The first-order chi connectivity index (χ1) is 7.33. The van der Waals surface area contributed by atoms with Gasteiger partial charge in [-0.15, -0.1) is 0 Å². The molecule has 1 aliphatic carbocycles. The number of hydrogen-bond donors (Lipinski definition) is 0. The summed E-state index contributed by atoms with van der Waals surface area (Å²) in [4.78, 5) is 0. The quantitative estimate of drug-likeness (QED) is 0.394. The second-order valence-electron chi connectivity index (χ2n) is 4.88. The van der Waals surface area contributed by atoms with Gasteiger partial charge in [-0.1, -0.05) is 56.9 Å². The standard InChI is InChI=1S/C15H26/c1-3-4-5-6-7-8-9-10-15-12-11-14(2)13-15/h9-10,15H,2-8,11-13H2,1H3/b10-9+. The summed E-state index contributed by atoms with van der Waals surface area (Å²) in [6.45, 7) is 6.32. The molecule has 1 rings (SSSR count). The lowest BCUT2D eigenvalue weighted by Gasteiger charge is -2.00. The van der Waals surface area contributed by atoms with Crippen LogP contribution in [0.2, 0.25) is 0 Å². The minimum Gasteiger partial charge on any atom is -0.0998 e. The van der Waals surface area contributed by atoms with Gasteiger partial charge in [-0.05, 0) is 38.0 Å². The maximum Gasteiger partial charge on any atom is -0.0193 e. The van der Waals surface area contributed by atoms with E-state index < -0.39 is 0 Å². The van der Waals surface area contributed by atoms with E-state index in [0.29, 0.717) is 0 Å². The maximum absolute atomic E-state index is 4.05. The van der Waals surface area contributed by atoms with Gasteiger partial charge in [0.25, 0.3) is 0 Å². The van der Waals surface area contributed by atoms with Crippen molar-refractivity contribution in [3.05, 3.63) is 24.3 Å². The van der Waals surface area contributed by atoms with Gasteiger partial charge in [0.2, 0.25) is 0 Å². The summed E-state index contributed by atoms with van der Waals surface area (Å²) >= 11 is 0. The molecule has 0 amide bonds. The van der Waals surface area contributed by atoms with E-state index in [0.717, 1.165) is 5.92 Å². The van der Waals surface area contributed by atoms with Crippen LogP contribution in [-0.4, -0.2) is 0 Å². The van der Waals surface area contributed by atoms with Gasteiger partial charge in [-0.25, -0.2) is 0 Å². The summed E-state index contributed by atoms with van der Waals surface area (Å²) < 4.78 is 0. The Kier molecular flexibility index (Phi) is 6.47. The monoisotopic (exact) mass is 206 g/mol. The lowest BCUT2D eigenvalue weighted by molar-refractivity contribution is 0.633. The van der Waals surface area contributed by atoms with Crippen LogP contribution in [0.5, 0.6) is 0 Å². The average molecular weight is 206 g/mol. The lowest BCUT2D eigenvalue weighted by Crippen LogP contribution is -1.85. The Labute approximate surface area is 95.5 Å². The van der Waals surface area contributed by atoms with Gasteiger partial charge in [-0.3, -0.25) is 0 Å². The van der Waals surface area contributed by atoms with Crippen molar-refractivity contribution in [2.45, 2.75) is 64.7 Å². The van der Waals surface area contributed by atoms with E-state index in [-0.39, 0.29) is 0 Å². The van der Waals surface area contributed by atoms with Gasteiger partial charge in [0.05, 0.1) is 0 Å². The molecule has 0 heterocycles. The molecule has 0 aromatic rings.